The molecular weight excluding hydrogens is 243 g/mol. The van der Waals surface area contributed by atoms with E-state index in [0.717, 1.165) is 24.6 Å². The highest BCUT2D eigenvalue weighted by molar-refractivity contribution is 5.48. The largest absolute Gasteiger partial charge is 0.379 e. The van der Waals surface area contributed by atoms with Crippen LogP contribution in [0.2, 0.25) is 0 Å². The lowest BCUT2D eigenvalue weighted by Gasteiger charge is -2.20. The molecule has 1 aliphatic rings. The Kier molecular flexibility index (Phi) is 5.16. The normalized spacial score (nSPS) is 14.7. The first-order chi connectivity index (χ1) is 9.20. The number of halogens is 1. The van der Waals surface area contributed by atoms with Gasteiger partial charge in [0, 0.05) is 26.7 Å². The van der Waals surface area contributed by atoms with E-state index in [1.165, 1.54) is 12.8 Å². The second-order valence-corrected chi connectivity index (χ2v) is 5.26. The van der Waals surface area contributed by atoms with Crippen molar-refractivity contribution < 1.29 is 9.13 Å². The third kappa shape index (κ3) is 4.48. The zero-order chi connectivity index (χ0) is 13.7. The van der Waals surface area contributed by atoms with Crippen LogP contribution in [-0.4, -0.2) is 33.9 Å². The van der Waals surface area contributed by atoms with E-state index in [1.807, 2.05) is 31.1 Å². The van der Waals surface area contributed by atoms with Crippen LogP contribution >= 0.6 is 0 Å². The molecule has 4 heteroatoms. The van der Waals surface area contributed by atoms with Crippen molar-refractivity contribution >= 4 is 5.69 Å². The average molecular weight is 266 g/mol. The summed E-state index contributed by atoms with van der Waals surface area (Å²) in [5.74, 6) is 0.611. The fraction of sp³-hybridized carbons (Fsp3) is 0.600. The first-order valence-corrected chi connectivity index (χ1v) is 6.92. The molecule has 0 atom stereocenters. The molecule has 106 valence electrons. The van der Waals surface area contributed by atoms with Gasteiger partial charge in [0.25, 0.3) is 0 Å². The van der Waals surface area contributed by atoms with Gasteiger partial charge in [0.2, 0.25) is 0 Å². The molecular formula is C15H23FN2O. The van der Waals surface area contributed by atoms with Crippen LogP contribution in [0.15, 0.2) is 18.2 Å². The average Bonchev–Trinajstić information content (AvgIpc) is 3.19. The summed E-state index contributed by atoms with van der Waals surface area (Å²) in [6.45, 7) is 2.92. The number of ether oxygens (including phenoxy) is 1. The van der Waals surface area contributed by atoms with Crippen molar-refractivity contribution in [1.29, 1.82) is 0 Å². The number of hydrogen-bond acceptors (Lipinski definition) is 3. The van der Waals surface area contributed by atoms with Gasteiger partial charge in [0.1, 0.15) is 5.82 Å². The second-order valence-electron chi connectivity index (χ2n) is 5.26. The van der Waals surface area contributed by atoms with Gasteiger partial charge in [-0.15, -0.1) is 0 Å². The minimum Gasteiger partial charge on any atom is -0.379 e. The minimum atomic E-state index is -0.169. The molecule has 0 unspecified atom stereocenters. The van der Waals surface area contributed by atoms with Crippen molar-refractivity contribution in [2.24, 2.45) is 5.92 Å². The Hall–Kier alpha value is -1.13. The van der Waals surface area contributed by atoms with Gasteiger partial charge in [0.05, 0.1) is 12.3 Å². The third-order valence-electron chi connectivity index (χ3n) is 3.43. The zero-order valence-corrected chi connectivity index (χ0v) is 11.8. The molecule has 0 heterocycles. The molecule has 1 aromatic carbocycles. The third-order valence-corrected chi connectivity index (χ3v) is 3.43. The lowest BCUT2D eigenvalue weighted by Crippen LogP contribution is -2.24. The first-order valence-electron chi connectivity index (χ1n) is 6.92. The Bertz CT molecular complexity index is 407. The predicted molar refractivity (Wildman–Crippen MR) is 76.0 cm³/mol. The van der Waals surface area contributed by atoms with Gasteiger partial charge >= 0.3 is 0 Å². The van der Waals surface area contributed by atoms with E-state index in [-0.39, 0.29) is 5.82 Å². The van der Waals surface area contributed by atoms with Crippen LogP contribution in [0.3, 0.4) is 0 Å². The van der Waals surface area contributed by atoms with E-state index < -0.39 is 0 Å². The van der Waals surface area contributed by atoms with E-state index in [9.17, 15) is 4.39 Å². The molecule has 0 aromatic heterocycles. The van der Waals surface area contributed by atoms with Crippen LogP contribution < -0.4 is 10.2 Å². The van der Waals surface area contributed by atoms with Gasteiger partial charge in [-0.2, -0.15) is 0 Å². The molecule has 1 fully saturated rings. The smallest absolute Gasteiger partial charge is 0.146 e. The Morgan fingerprint density at radius 3 is 2.84 bits per heavy atom. The molecule has 1 N–H and O–H groups in total. The summed E-state index contributed by atoms with van der Waals surface area (Å²) < 4.78 is 19.5. The van der Waals surface area contributed by atoms with E-state index in [2.05, 4.69) is 5.32 Å². The van der Waals surface area contributed by atoms with E-state index in [4.69, 9.17) is 4.74 Å². The quantitative estimate of drug-likeness (QED) is 0.731. The van der Waals surface area contributed by atoms with Gasteiger partial charge in [-0.05, 0) is 43.5 Å². The summed E-state index contributed by atoms with van der Waals surface area (Å²) in [5.41, 5.74) is 1.59. The lowest BCUT2D eigenvalue weighted by molar-refractivity contribution is 0.131. The van der Waals surface area contributed by atoms with Crippen molar-refractivity contribution in [3.05, 3.63) is 29.6 Å². The van der Waals surface area contributed by atoms with Crippen molar-refractivity contribution in [1.82, 2.24) is 5.32 Å². The second kappa shape index (κ2) is 6.87. The van der Waals surface area contributed by atoms with Crippen LogP contribution in [-0.2, 0) is 11.3 Å². The maximum Gasteiger partial charge on any atom is 0.146 e. The number of likely N-dealkylation sites (N-methyl/N-ethyl adjacent to an activating group) is 1. The molecule has 2 rings (SSSR count). The highest BCUT2D eigenvalue weighted by Crippen LogP contribution is 2.28. The van der Waals surface area contributed by atoms with Crippen LogP contribution in [0, 0.1) is 11.7 Å². The Morgan fingerprint density at radius 2 is 2.21 bits per heavy atom. The summed E-state index contributed by atoms with van der Waals surface area (Å²) in [6.07, 6.45) is 2.61. The lowest BCUT2D eigenvalue weighted by atomic mass is 10.2. The Labute approximate surface area is 114 Å². The summed E-state index contributed by atoms with van der Waals surface area (Å²) >= 11 is 0. The van der Waals surface area contributed by atoms with E-state index in [1.54, 1.807) is 6.07 Å². The molecule has 1 saturated carbocycles. The standard InChI is InChI=1S/C15H23FN2O/c1-17-10-13-5-6-15(14(16)9-13)18(2)7-8-19-11-12-3-4-12/h5-6,9,12,17H,3-4,7-8,10-11H2,1-2H3. The molecule has 0 spiro atoms. The topological polar surface area (TPSA) is 24.5 Å². The maximum atomic E-state index is 14.0. The molecule has 0 aliphatic heterocycles. The predicted octanol–water partition coefficient (Wildman–Crippen LogP) is 2.41. The highest BCUT2D eigenvalue weighted by atomic mass is 19.1. The summed E-state index contributed by atoms with van der Waals surface area (Å²) in [5, 5.41) is 3.02. The molecule has 0 saturated heterocycles. The van der Waals surface area contributed by atoms with Crippen molar-refractivity contribution in [2.45, 2.75) is 19.4 Å². The van der Waals surface area contributed by atoms with Crippen LogP contribution in [0.5, 0.6) is 0 Å². The maximum absolute atomic E-state index is 14.0. The van der Waals surface area contributed by atoms with Gasteiger partial charge in [0.15, 0.2) is 0 Å². The number of anilines is 1. The molecule has 0 radical (unpaired) electrons. The number of benzene rings is 1. The molecule has 1 aromatic rings. The van der Waals surface area contributed by atoms with Gasteiger partial charge < -0.3 is 15.0 Å². The van der Waals surface area contributed by atoms with Crippen LogP contribution in [0.4, 0.5) is 10.1 Å². The van der Waals surface area contributed by atoms with Gasteiger partial charge in [-0.1, -0.05) is 6.07 Å². The number of hydrogen-bond donors (Lipinski definition) is 1. The Balaban J connectivity index is 1.81. The zero-order valence-electron chi connectivity index (χ0n) is 11.8. The highest BCUT2D eigenvalue weighted by Gasteiger charge is 2.21. The molecule has 19 heavy (non-hydrogen) atoms. The molecule has 0 bridgehead atoms. The van der Waals surface area contributed by atoms with Crippen molar-refractivity contribution in [2.75, 3.05) is 38.8 Å². The SMILES string of the molecule is CNCc1ccc(N(C)CCOCC2CC2)c(F)c1. The van der Waals surface area contributed by atoms with Gasteiger partial charge in [-0.25, -0.2) is 4.39 Å². The summed E-state index contributed by atoms with van der Waals surface area (Å²) in [6, 6.07) is 5.38. The number of nitrogens with zero attached hydrogens (tertiary/aromatic N) is 1. The van der Waals surface area contributed by atoms with Gasteiger partial charge in [-0.3, -0.25) is 0 Å². The van der Waals surface area contributed by atoms with Crippen molar-refractivity contribution in [3.63, 3.8) is 0 Å². The number of rotatable bonds is 8. The monoisotopic (exact) mass is 266 g/mol. The molecule has 0 amide bonds. The number of nitrogens with one attached hydrogen (secondary N) is 1. The van der Waals surface area contributed by atoms with E-state index >= 15 is 0 Å². The van der Waals surface area contributed by atoms with Crippen LogP contribution in [0.25, 0.3) is 0 Å². The Morgan fingerprint density at radius 1 is 1.42 bits per heavy atom. The fourth-order valence-corrected chi connectivity index (χ4v) is 2.03. The first kappa shape index (κ1) is 14.3. The molecule has 3 nitrogen and oxygen atoms in total. The summed E-state index contributed by atoms with van der Waals surface area (Å²) in [4.78, 5) is 1.91. The minimum absolute atomic E-state index is 0.169. The van der Waals surface area contributed by atoms with Crippen LogP contribution in [0.1, 0.15) is 18.4 Å². The van der Waals surface area contributed by atoms with E-state index in [0.29, 0.717) is 18.8 Å². The summed E-state index contributed by atoms with van der Waals surface area (Å²) in [7, 11) is 3.76. The molecule has 1 aliphatic carbocycles. The fourth-order valence-electron chi connectivity index (χ4n) is 2.03. The van der Waals surface area contributed by atoms with Crippen molar-refractivity contribution in [3.8, 4) is 0 Å².